The van der Waals surface area contributed by atoms with E-state index in [9.17, 15) is 9.59 Å². The lowest BCUT2D eigenvalue weighted by Crippen LogP contribution is -2.04. The maximum absolute atomic E-state index is 9.80. The Labute approximate surface area is 48.9 Å². The van der Waals surface area contributed by atoms with E-state index in [1.165, 1.54) is 0 Å². The lowest BCUT2D eigenvalue weighted by Gasteiger charge is -1.79. The smallest absolute Gasteiger partial charge is 0.384 e. The molecule has 0 radical (unpaired) electrons. The van der Waals surface area contributed by atoms with Crippen LogP contribution in [0.5, 0.6) is 0 Å². The highest BCUT2D eigenvalue weighted by molar-refractivity contribution is 8.75. The van der Waals surface area contributed by atoms with Crippen LogP contribution >= 0.6 is 22.5 Å². The van der Waals surface area contributed by atoms with Crippen LogP contribution < -0.4 is 0 Å². The fourth-order valence-corrected chi connectivity index (χ4v) is 0.351. The lowest BCUT2D eigenvalue weighted by atomic mass is 10.8. The molecular formula is C2H2O3S2. The molecule has 0 amide bonds. The summed E-state index contributed by atoms with van der Waals surface area (Å²) in [5.74, 6) is -1.46. The Hall–Kier alpha value is -0.160. The third-order valence-electron chi connectivity index (χ3n) is 0.258. The van der Waals surface area contributed by atoms with Crippen molar-refractivity contribution in [2.24, 2.45) is 0 Å². The summed E-state index contributed by atoms with van der Waals surface area (Å²) in [6, 6.07) is 0. The van der Waals surface area contributed by atoms with Gasteiger partial charge >= 0.3 is 11.1 Å². The molecule has 0 aromatic carbocycles. The number of hydrogen-bond acceptors (Lipinski definition) is 4. The lowest BCUT2D eigenvalue weighted by molar-refractivity contribution is -0.144. The molecule has 1 N–H and O–H groups in total. The van der Waals surface area contributed by atoms with Gasteiger partial charge in [-0.15, -0.1) is 11.7 Å². The Morgan fingerprint density at radius 2 is 2.00 bits per heavy atom. The largest absolute Gasteiger partial charge is 0.475 e. The average Bonchev–Trinajstić information content (AvgIpc) is 1.65. The van der Waals surface area contributed by atoms with E-state index in [1.54, 1.807) is 0 Å². The van der Waals surface area contributed by atoms with Crippen LogP contribution in [-0.4, -0.2) is 16.2 Å². The molecule has 0 atom stereocenters. The second-order valence-electron chi connectivity index (χ2n) is 0.684. The van der Waals surface area contributed by atoms with Crippen LogP contribution in [0.3, 0.4) is 0 Å². The average molecular weight is 138 g/mol. The highest BCUT2D eigenvalue weighted by Crippen LogP contribution is 2.04. The number of carbonyl (C=O) groups excluding carboxylic acids is 1. The Morgan fingerprint density at radius 3 is 2.00 bits per heavy atom. The molecule has 0 aliphatic carbocycles. The summed E-state index contributed by atoms with van der Waals surface area (Å²) in [6.45, 7) is 0. The van der Waals surface area contributed by atoms with Crippen LogP contribution in [0.1, 0.15) is 0 Å². The van der Waals surface area contributed by atoms with E-state index in [1.807, 2.05) is 0 Å². The molecule has 5 heteroatoms. The first-order valence-corrected chi connectivity index (χ1v) is 3.14. The van der Waals surface area contributed by atoms with Crippen molar-refractivity contribution in [1.29, 1.82) is 0 Å². The molecule has 0 aromatic heterocycles. The van der Waals surface area contributed by atoms with Gasteiger partial charge in [0.2, 0.25) is 0 Å². The number of carboxylic acids is 1. The topological polar surface area (TPSA) is 54.4 Å². The highest BCUT2D eigenvalue weighted by atomic mass is 33.1. The Bertz CT molecular complexity index is 99.1. The van der Waals surface area contributed by atoms with E-state index in [2.05, 4.69) is 11.7 Å². The van der Waals surface area contributed by atoms with Gasteiger partial charge in [0.25, 0.3) is 0 Å². The summed E-state index contributed by atoms with van der Waals surface area (Å²) in [5, 5.41) is 6.81. The highest BCUT2D eigenvalue weighted by Gasteiger charge is 2.07. The molecular weight excluding hydrogens is 136 g/mol. The zero-order valence-electron chi connectivity index (χ0n) is 3.12. The first kappa shape index (κ1) is 6.84. The molecule has 0 saturated heterocycles. The molecule has 0 aliphatic heterocycles. The molecule has 7 heavy (non-hydrogen) atoms. The van der Waals surface area contributed by atoms with Gasteiger partial charge in [-0.3, -0.25) is 4.79 Å². The zero-order valence-corrected chi connectivity index (χ0v) is 4.83. The molecule has 0 fully saturated rings. The van der Waals surface area contributed by atoms with E-state index in [-0.39, 0.29) is 0 Å². The molecule has 0 unspecified atom stereocenters. The third kappa shape index (κ3) is 2.52. The fraction of sp³-hybridized carbons (Fsp3) is 0. The standard InChI is InChI=1S/C2H2O3S2/c3-1(4)2(5)7-6/h6H,(H,3,4). The van der Waals surface area contributed by atoms with Crippen molar-refractivity contribution in [3.05, 3.63) is 0 Å². The minimum absolute atomic E-state index is 0.389. The first-order valence-electron chi connectivity index (χ1n) is 1.27. The monoisotopic (exact) mass is 138 g/mol. The van der Waals surface area contributed by atoms with Crippen LogP contribution in [0, 0.1) is 0 Å². The van der Waals surface area contributed by atoms with Crippen molar-refractivity contribution < 1.29 is 14.7 Å². The van der Waals surface area contributed by atoms with E-state index in [0.29, 0.717) is 10.8 Å². The maximum Gasteiger partial charge on any atom is 0.384 e. The number of thiol groups is 1. The summed E-state index contributed by atoms with van der Waals surface area (Å²) in [4.78, 5) is 19.3. The normalized spacial score (nSPS) is 8.14. The van der Waals surface area contributed by atoms with E-state index < -0.39 is 11.1 Å². The van der Waals surface area contributed by atoms with Crippen molar-refractivity contribution >= 4 is 33.5 Å². The van der Waals surface area contributed by atoms with Gasteiger partial charge in [-0.1, -0.05) is 0 Å². The predicted octanol–water partition coefficient (Wildman–Crippen LogP) is 0.176. The Kier molecular flexibility index (Phi) is 2.86. The summed E-state index contributed by atoms with van der Waals surface area (Å²) in [5.41, 5.74) is 0. The van der Waals surface area contributed by atoms with Crippen molar-refractivity contribution in [1.82, 2.24) is 0 Å². The van der Waals surface area contributed by atoms with E-state index in [0.717, 1.165) is 0 Å². The van der Waals surface area contributed by atoms with Crippen molar-refractivity contribution in [2.45, 2.75) is 0 Å². The van der Waals surface area contributed by atoms with E-state index in [4.69, 9.17) is 5.11 Å². The first-order chi connectivity index (χ1) is 3.18. The second kappa shape index (κ2) is 2.92. The minimum Gasteiger partial charge on any atom is -0.475 e. The van der Waals surface area contributed by atoms with Crippen molar-refractivity contribution in [2.75, 3.05) is 0 Å². The number of carbonyl (C=O) groups is 2. The molecule has 0 bridgehead atoms. The van der Waals surface area contributed by atoms with Crippen LogP contribution in [0.15, 0.2) is 0 Å². The SMILES string of the molecule is O=C(O)C(=O)SS. The van der Waals surface area contributed by atoms with Gasteiger partial charge in [0.1, 0.15) is 0 Å². The Morgan fingerprint density at radius 1 is 1.57 bits per heavy atom. The zero-order chi connectivity index (χ0) is 5.86. The van der Waals surface area contributed by atoms with Gasteiger partial charge < -0.3 is 5.11 Å². The second-order valence-corrected chi connectivity index (χ2v) is 1.78. The molecule has 0 aliphatic rings. The van der Waals surface area contributed by atoms with Gasteiger partial charge in [0.05, 0.1) is 0 Å². The summed E-state index contributed by atoms with van der Waals surface area (Å²) in [6.07, 6.45) is 0. The van der Waals surface area contributed by atoms with Crippen LogP contribution in [0.4, 0.5) is 0 Å². The van der Waals surface area contributed by atoms with Gasteiger partial charge in [0, 0.05) is 0 Å². The number of hydrogen-bond donors (Lipinski definition) is 2. The summed E-state index contributed by atoms with van der Waals surface area (Å²) >= 11 is 3.34. The van der Waals surface area contributed by atoms with Gasteiger partial charge in [0.15, 0.2) is 0 Å². The van der Waals surface area contributed by atoms with Gasteiger partial charge in [-0.05, 0) is 10.8 Å². The summed E-state index contributed by atoms with van der Waals surface area (Å²) < 4.78 is 0. The van der Waals surface area contributed by atoms with Crippen molar-refractivity contribution in [3.63, 3.8) is 0 Å². The molecule has 0 rings (SSSR count). The number of carboxylic acid groups (broad SMARTS) is 1. The van der Waals surface area contributed by atoms with E-state index >= 15 is 0 Å². The van der Waals surface area contributed by atoms with Gasteiger partial charge in [-0.25, -0.2) is 4.79 Å². The van der Waals surface area contributed by atoms with Gasteiger partial charge in [-0.2, -0.15) is 0 Å². The molecule has 0 spiro atoms. The molecule has 0 saturated carbocycles. The third-order valence-corrected chi connectivity index (χ3v) is 1.10. The molecule has 0 aromatic rings. The van der Waals surface area contributed by atoms with Crippen LogP contribution in [0.25, 0.3) is 0 Å². The quantitative estimate of drug-likeness (QED) is 0.285. The predicted molar refractivity (Wildman–Crippen MR) is 29.2 cm³/mol. The van der Waals surface area contributed by atoms with Crippen LogP contribution in [-0.2, 0) is 9.59 Å². The van der Waals surface area contributed by atoms with Crippen molar-refractivity contribution in [3.8, 4) is 0 Å². The number of aliphatic carboxylic acids is 1. The molecule has 0 heterocycles. The Balaban J connectivity index is 3.58. The fourth-order valence-electron chi connectivity index (χ4n) is 0.0390. The number of rotatable bonds is 0. The molecule has 40 valence electrons. The van der Waals surface area contributed by atoms with Crippen LogP contribution in [0.2, 0.25) is 0 Å². The molecule has 3 nitrogen and oxygen atoms in total. The minimum atomic E-state index is -1.46. The summed E-state index contributed by atoms with van der Waals surface area (Å²) in [7, 11) is 0.389. The maximum atomic E-state index is 9.80.